The molecule has 1 aliphatic rings. The topological polar surface area (TPSA) is 98.2 Å². The maximum absolute atomic E-state index is 11.5. The van der Waals surface area contributed by atoms with E-state index in [1.807, 2.05) is 32.0 Å². The number of nitrogens with zero attached hydrogens (tertiary/aromatic N) is 1. The van der Waals surface area contributed by atoms with Gasteiger partial charge < -0.3 is 15.6 Å². The summed E-state index contributed by atoms with van der Waals surface area (Å²) in [5.41, 5.74) is 10.2. The summed E-state index contributed by atoms with van der Waals surface area (Å²) in [5, 5.41) is 7.17. The Morgan fingerprint density at radius 3 is 2.68 bits per heavy atom. The van der Waals surface area contributed by atoms with Gasteiger partial charge in [-0.2, -0.15) is 0 Å². The minimum absolute atomic E-state index is 0.0720. The van der Waals surface area contributed by atoms with Crippen LogP contribution in [0.25, 0.3) is 11.1 Å². The van der Waals surface area contributed by atoms with Gasteiger partial charge in [0.15, 0.2) is 9.84 Å². The number of aromatic nitrogens is 1. The lowest BCUT2D eigenvalue weighted by Crippen LogP contribution is -2.21. The molecular weight excluding hydrogens is 302 g/mol. The number of rotatable bonds is 3. The predicted molar refractivity (Wildman–Crippen MR) is 86.5 cm³/mol. The normalized spacial score (nSPS) is 20.2. The Morgan fingerprint density at radius 2 is 2.14 bits per heavy atom. The number of benzene rings is 1. The van der Waals surface area contributed by atoms with Gasteiger partial charge in [0.2, 0.25) is 0 Å². The second-order valence-corrected chi connectivity index (χ2v) is 7.97. The van der Waals surface area contributed by atoms with Gasteiger partial charge in [-0.3, -0.25) is 0 Å². The average Bonchev–Trinajstić information content (AvgIpc) is 2.95. The SMILES string of the molecule is Cc1noc(C)c1-c1ccc(N[C@@H]2CCS(=O)(=O)C2)c(N)c1. The summed E-state index contributed by atoms with van der Waals surface area (Å²) in [6.07, 6.45) is 0.618. The van der Waals surface area contributed by atoms with Gasteiger partial charge in [-0.15, -0.1) is 0 Å². The molecule has 3 rings (SSSR count). The molecule has 1 aromatic carbocycles. The lowest BCUT2D eigenvalue weighted by atomic mass is 10.0. The van der Waals surface area contributed by atoms with Crippen LogP contribution in [0.4, 0.5) is 11.4 Å². The maximum Gasteiger partial charge on any atom is 0.152 e. The van der Waals surface area contributed by atoms with Crippen LogP contribution in [0, 0.1) is 13.8 Å². The van der Waals surface area contributed by atoms with E-state index in [0.29, 0.717) is 12.1 Å². The van der Waals surface area contributed by atoms with Crippen molar-refractivity contribution in [1.29, 1.82) is 0 Å². The number of sulfone groups is 1. The molecular formula is C15H19N3O3S. The van der Waals surface area contributed by atoms with Crippen molar-refractivity contribution in [2.24, 2.45) is 0 Å². The Kier molecular flexibility index (Phi) is 3.60. The molecule has 2 aromatic rings. The lowest BCUT2D eigenvalue weighted by molar-refractivity contribution is 0.393. The summed E-state index contributed by atoms with van der Waals surface area (Å²) < 4.78 is 28.2. The highest BCUT2D eigenvalue weighted by Gasteiger charge is 2.28. The van der Waals surface area contributed by atoms with E-state index in [1.165, 1.54) is 0 Å². The summed E-state index contributed by atoms with van der Waals surface area (Å²) in [6, 6.07) is 5.60. The van der Waals surface area contributed by atoms with Gasteiger partial charge >= 0.3 is 0 Å². The molecule has 3 N–H and O–H groups in total. The van der Waals surface area contributed by atoms with Gasteiger partial charge in [0.25, 0.3) is 0 Å². The Hall–Kier alpha value is -2.02. The van der Waals surface area contributed by atoms with Crippen molar-refractivity contribution in [2.45, 2.75) is 26.3 Å². The van der Waals surface area contributed by atoms with Crippen LogP contribution in [0.1, 0.15) is 17.9 Å². The molecule has 0 saturated carbocycles. The molecule has 1 fully saturated rings. The van der Waals surface area contributed by atoms with Gasteiger partial charge in [-0.25, -0.2) is 8.42 Å². The first kappa shape index (κ1) is 14.9. The molecule has 1 aliphatic heterocycles. The van der Waals surface area contributed by atoms with Crippen molar-refractivity contribution in [3.8, 4) is 11.1 Å². The molecule has 0 bridgehead atoms. The van der Waals surface area contributed by atoms with Gasteiger partial charge in [0.1, 0.15) is 5.76 Å². The first-order valence-corrected chi connectivity index (χ1v) is 8.97. The van der Waals surface area contributed by atoms with Crippen LogP contribution in [-0.4, -0.2) is 31.1 Å². The lowest BCUT2D eigenvalue weighted by Gasteiger charge is -2.15. The second-order valence-electron chi connectivity index (χ2n) is 5.75. The Bertz CT molecular complexity index is 792. The van der Waals surface area contributed by atoms with E-state index in [4.69, 9.17) is 10.3 Å². The third-order valence-electron chi connectivity index (χ3n) is 3.97. The third kappa shape index (κ3) is 2.81. The largest absolute Gasteiger partial charge is 0.397 e. The smallest absolute Gasteiger partial charge is 0.152 e. The molecule has 22 heavy (non-hydrogen) atoms. The molecule has 118 valence electrons. The molecule has 0 radical (unpaired) electrons. The maximum atomic E-state index is 11.5. The van der Waals surface area contributed by atoms with Crippen LogP contribution >= 0.6 is 0 Å². The number of hydrogen-bond acceptors (Lipinski definition) is 6. The summed E-state index contributed by atoms with van der Waals surface area (Å²) in [5.74, 6) is 1.15. The number of nitrogens with two attached hydrogens (primary N) is 1. The monoisotopic (exact) mass is 321 g/mol. The summed E-state index contributed by atoms with van der Waals surface area (Å²) in [6.45, 7) is 3.75. The van der Waals surface area contributed by atoms with E-state index < -0.39 is 9.84 Å². The molecule has 2 heterocycles. The van der Waals surface area contributed by atoms with Crippen molar-refractivity contribution < 1.29 is 12.9 Å². The zero-order chi connectivity index (χ0) is 15.9. The molecule has 0 spiro atoms. The van der Waals surface area contributed by atoms with Crippen LogP contribution in [0.5, 0.6) is 0 Å². The first-order valence-electron chi connectivity index (χ1n) is 7.15. The molecule has 1 atom stereocenters. The number of aryl methyl sites for hydroxylation is 2. The Balaban J connectivity index is 1.84. The van der Waals surface area contributed by atoms with Crippen LogP contribution in [0.2, 0.25) is 0 Å². The van der Waals surface area contributed by atoms with E-state index >= 15 is 0 Å². The number of nitrogen functional groups attached to an aromatic ring is 1. The highest BCUT2D eigenvalue weighted by molar-refractivity contribution is 7.91. The van der Waals surface area contributed by atoms with Crippen LogP contribution in [-0.2, 0) is 9.84 Å². The Labute approximate surface area is 129 Å². The number of anilines is 2. The van der Waals surface area contributed by atoms with E-state index in [9.17, 15) is 8.42 Å². The van der Waals surface area contributed by atoms with E-state index in [-0.39, 0.29) is 17.5 Å². The summed E-state index contributed by atoms with van der Waals surface area (Å²) in [7, 11) is -2.91. The predicted octanol–water partition coefficient (Wildman–Crippen LogP) is 2.14. The fourth-order valence-corrected chi connectivity index (χ4v) is 4.55. The molecule has 1 aromatic heterocycles. The molecule has 0 unspecified atom stereocenters. The zero-order valence-corrected chi connectivity index (χ0v) is 13.4. The fourth-order valence-electron chi connectivity index (χ4n) is 2.87. The van der Waals surface area contributed by atoms with Crippen molar-refractivity contribution in [3.63, 3.8) is 0 Å². The molecule has 6 nitrogen and oxygen atoms in total. The average molecular weight is 321 g/mol. The van der Waals surface area contributed by atoms with E-state index in [1.54, 1.807) is 0 Å². The van der Waals surface area contributed by atoms with Crippen LogP contribution in [0.15, 0.2) is 22.7 Å². The summed E-state index contributed by atoms with van der Waals surface area (Å²) >= 11 is 0. The highest BCUT2D eigenvalue weighted by Crippen LogP contribution is 2.32. The van der Waals surface area contributed by atoms with Gasteiger partial charge in [-0.1, -0.05) is 11.2 Å². The van der Waals surface area contributed by atoms with Crippen molar-refractivity contribution in [2.75, 3.05) is 22.6 Å². The first-order chi connectivity index (χ1) is 10.4. The molecule has 1 saturated heterocycles. The molecule has 7 heteroatoms. The van der Waals surface area contributed by atoms with Crippen molar-refractivity contribution in [1.82, 2.24) is 5.16 Å². The molecule has 0 amide bonds. The van der Waals surface area contributed by atoms with Gasteiger partial charge in [0, 0.05) is 11.6 Å². The quantitative estimate of drug-likeness (QED) is 0.840. The minimum atomic E-state index is -2.91. The fraction of sp³-hybridized carbons (Fsp3) is 0.400. The standard InChI is InChI=1S/C15H19N3O3S/c1-9-15(10(2)21-18-9)11-3-4-14(13(16)7-11)17-12-5-6-22(19,20)8-12/h3-4,7,12,17H,5-6,8,16H2,1-2H3/t12-/m1/s1. The zero-order valence-electron chi connectivity index (χ0n) is 12.6. The summed E-state index contributed by atoms with van der Waals surface area (Å²) in [4.78, 5) is 0. The van der Waals surface area contributed by atoms with Crippen molar-refractivity contribution >= 4 is 21.2 Å². The van der Waals surface area contributed by atoms with Crippen molar-refractivity contribution in [3.05, 3.63) is 29.7 Å². The van der Waals surface area contributed by atoms with E-state index in [0.717, 1.165) is 28.3 Å². The number of hydrogen-bond donors (Lipinski definition) is 2. The minimum Gasteiger partial charge on any atom is -0.397 e. The van der Waals surface area contributed by atoms with Gasteiger partial charge in [0.05, 0.1) is 28.6 Å². The van der Waals surface area contributed by atoms with Crippen LogP contribution in [0.3, 0.4) is 0 Å². The highest BCUT2D eigenvalue weighted by atomic mass is 32.2. The second kappa shape index (κ2) is 5.31. The molecule has 0 aliphatic carbocycles. The van der Waals surface area contributed by atoms with E-state index in [2.05, 4.69) is 10.5 Å². The number of nitrogens with one attached hydrogen (secondary N) is 1. The Morgan fingerprint density at radius 1 is 1.36 bits per heavy atom. The third-order valence-corrected chi connectivity index (χ3v) is 5.73. The van der Waals surface area contributed by atoms with Gasteiger partial charge in [-0.05, 0) is 38.0 Å². The van der Waals surface area contributed by atoms with Crippen LogP contribution < -0.4 is 11.1 Å².